The second-order valence-corrected chi connectivity index (χ2v) is 7.21. The van der Waals surface area contributed by atoms with Crippen molar-refractivity contribution in [3.63, 3.8) is 0 Å². The van der Waals surface area contributed by atoms with Crippen LogP contribution in [0.25, 0.3) is 0 Å². The van der Waals surface area contributed by atoms with E-state index in [0.29, 0.717) is 12.5 Å². The van der Waals surface area contributed by atoms with Crippen LogP contribution < -0.4 is 0 Å². The van der Waals surface area contributed by atoms with Gasteiger partial charge in [-0.05, 0) is 59.4 Å². The third-order valence-electron chi connectivity index (χ3n) is 5.02. The molecule has 0 spiro atoms. The summed E-state index contributed by atoms with van der Waals surface area (Å²) in [4.78, 5) is 14.8. The van der Waals surface area contributed by atoms with E-state index in [1.165, 1.54) is 5.56 Å². The number of carbonyl (C=O) groups is 1. The van der Waals surface area contributed by atoms with Gasteiger partial charge in [0, 0.05) is 38.4 Å². The second-order valence-electron chi connectivity index (χ2n) is 7.21. The van der Waals surface area contributed by atoms with Crippen LogP contribution in [0.4, 0.5) is 0 Å². The molecule has 2 rings (SSSR count). The Hall–Kier alpha value is -1.36. The molecule has 0 saturated carbocycles. The molecule has 5 heteroatoms. The summed E-state index contributed by atoms with van der Waals surface area (Å²) in [6.45, 7) is 11.9. The van der Waals surface area contributed by atoms with E-state index in [-0.39, 0.29) is 11.5 Å². The predicted octanol–water partition coefficient (Wildman–Crippen LogP) is 2.78. The number of hydrogen-bond donors (Lipinski definition) is 0. The zero-order chi connectivity index (χ0) is 17.2. The summed E-state index contributed by atoms with van der Waals surface area (Å²) in [5.41, 5.74) is 3.27. The first-order chi connectivity index (χ1) is 10.7. The Morgan fingerprint density at radius 2 is 2.13 bits per heavy atom. The lowest BCUT2D eigenvalue weighted by atomic mass is 9.92. The van der Waals surface area contributed by atoms with Crippen LogP contribution in [0.5, 0.6) is 0 Å². The molecule has 1 atom stereocenters. The molecule has 1 aliphatic heterocycles. The topological polar surface area (TPSA) is 47.4 Å². The number of amides is 1. The van der Waals surface area contributed by atoms with Crippen molar-refractivity contribution in [2.24, 2.45) is 7.05 Å². The molecule has 130 valence electrons. The maximum absolute atomic E-state index is 12.7. The number of rotatable bonds is 5. The largest absolute Gasteiger partial charge is 0.375 e. The van der Waals surface area contributed by atoms with Crippen molar-refractivity contribution in [2.75, 3.05) is 13.2 Å². The molecule has 2 heterocycles. The van der Waals surface area contributed by atoms with Crippen LogP contribution in [0.1, 0.15) is 57.0 Å². The first kappa shape index (κ1) is 18.0. The average molecular weight is 321 g/mol. The molecule has 23 heavy (non-hydrogen) atoms. The first-order valence-corrected chi connectivity index (χ1v) is 8.67. The number of carbonyl (C=O) groups excluding carboxylic acids is 1. The maximum Gasteiger partial charge on any atom is 0.223 e. The molecule has 0 radical (unpaired) electrons. The summed E-state index contributed by atoms with van der Waals surface area (Å²) < 4.78 is 7.68. The van der Waals surface area contributed by atoms with Crippen molar-refractivity contribution in [1.82, 2.24) is 14.7 Å². The highest BCUT2D eigenvalue weighted by molar-refractivity contribution is 5.76. The lowest BCUT2D eigenvalue weighted by molar-refractivity contribution is -0.139. The van der Waals surface area contributed by atoms with Gasteiger partial charge in [-0.25, -0.2) is 0 Å². The van der Waals surface area contributed by atoms with Gasteiger partial charge in [-0.2, -0.15) is 5.10 Å². The number of hydrogen-bond acceptors (Lipinski definition) is 3. The Bertz CT molecular complexity index is 563. The van der Waals surface area contributed by atoms with Crippen LogP contribution in [0.15, 0.2) is 0 Å². The van der Waals surface area contributed by atoms with E-state index < -0.39 is 0 Å². The smallest absolute Gasteiger partial charge is 0.223 e. The van der Waals surface area contributed by atoms with Gasteiger partial charge in [0.05, 0.1) is 11.3 Å². The average Bonchev–Trinajstić information content (AvgIpc) is 2.70. The number of ether oxygens (including phenoxy) is 1. The van der Waals surface area contributed by atoms with Crippen molar-refractivity contribution in [3.8, 4) is 0 Å². The van der Waals surface area contributed by atoms with Crippen molar-refractivity contribution in [2.45, 2.75) is 71.9 Å². The first-order valence-electron chi connectivity index (χ1n) is 8.67. The fourth-order valence-corrected chi connectivity index (χ4v) is 3.66. The van der Waals surface area contributed by atoms with E-state index >= 15 is 0 Å². The van der Waals surface area contributed by atoms with Gasteiger partial charge >= 0.3 is 0 Å². The zero-order valence-electron chi connectivity index (χ0n) is 15.5. The molecule has 1 aromatic heterocycles. The third kappa shape index (κ3) is 4.14. The van der Waals surface area contributed by atoms with E-state index in [1.807, 2.05) is 23.6 Å². The van der Waals surface area contributed by atoms with Gasteiger partial charge in [0.2, 0.25) is 5.91 Å². The fraction of sp³-hybridized carbons (Fsp3) is 0.778. The minimum Gasteiger partial charge on any atom is -0.375 e. The molecule has 1 amide bonds. The summed E-state index contributed by atoms with van der Waals surface area (Å²) in [5, 5.41) is 4.44. The van der Waals surface area contributed by atoms with E-state index in [4.69, 9.17) is 4.74 Å². The monoisotopic (exact) mass is 321 g/mol. The molecule has 1 aliphatic rings. The van der Waals surface area contributed by atoms with E-state index in [0.717, 1.165) is 43.8 Å². The minimum atomic E-state index is -0.132. The van der Waals surface area contributed by atoms with Crippen LogP contribution in [-0.4, -0.2) is 45.4 Å². The standard InChI is InChI=1S/C18H31N3O2/c1-7-21(15-10-11-23-18(4,5)12-15)17(22)9-8-16-13(2)19-20(6)14(16)3/h15H,7-12H2,1-6H3. The molecule has 0 bridgehead atoms. The molecular weight excluding hydrogens is 290 g/mol. The molecule has 1 saturated heterocycles. The quantitative estimate of drug-likeness (QED) is 0.838. The molecule has 0 aliphatic carbocycles. The Morgan fingerprint density at radius 1 is 1.43 bits per heavy atom. The highest BCUT2D eigenvalue weighted by Crippen LogP contribution is 2.28. The maximum atomic E-state index is 12.7. The van der Waals surface area contributed by atoms with Crippen molar-refractivity contribution < 1.29 is 9.53 Å². The number of nitrogens with zero attached hydrogens (tertiary/aromatic N) is 3. The molecule has 1 unspecified atom stereocenters. The van der Waals surface area contributed by atoms with Gasteiger partial charge in [0.15, 0.2) is 0 Å². The molecule has 0 aromatic carbocycles. The van der Waals surface area contributed by atoms with Crippen LogP contribution >= 0.6 is 0 Å². The summed E-state index contributed by atoms with van der Waals surface area (Å²) in [7, 11) is 1.95. The Kier molecular flexibility index (Phi) is 5.50. The van der Waals surface area contributed by atoms with Crippen LogP contribution in [0, 0.1) is 13.8 Å². The normalized spacial score (nSPS) is 20.5. The van der Waals surface area contributed by atoms with Gasteiger partial charge in [-0.3, -0.25) is 9.48 Å². The zero-order valence-corrected chi connectivity index (χ0v) is 15.5. The molecule has 1 aromatic rings. The SMILES string of the molecule is CCN(C(=O)CCc1c(C)nn(C)c1C)C1CCOC(C)(C)C1. The lowest BCUT2D eigenvalue weighted by Crippen LogP contribution is -2.48. The van der Waals surface area contributed by atoms with Crippen molar-refractivity contribution >= 4 is 5.91 Å². The van der Waals surface area contributed by atoms with Crippen molar-refractivity contribution in [3.05, 3.63) is 17.0 Å². The van der Waals surface area contributed by atoms with Gasteiger partial charge in [0.1, 0.15) is 0 Å². The third-order valence-corrected chi connectivity index (χ3v) is 5.02. The van der Waals surface area contributed by atoms with Crippen molar-refractivity contribution in [1.29, 1.82) is 0 Å². The lowest BCUT2D eigenvalue weighted by Gasteiger charge is -2.41. The Labute approximate surface area is 140 Å². The molecule has 0 N–H and O–H groups in total. The summed E-state index contributed by atoms with van der Waals surface area (Å²) in [6, 6.07) is 0.298. The van der Waals surface area contributed by atoms with Crippen LogP contribution in [-0.2, 0) is 23.0 Å². The van der Waals surface area contributed by atoms with Crippen LogP contribution in [0.3, 0.4) is 0 Å². The fourth-order valence-electron chi connectivity index (χ4n) is 3.66. The van der Waals surface area contributed by atoms with E-state index in [9.17, 15) is 4.79 Å². The minimum absolute atomic E-state index is 0.132. The molecular formula is C18H31N3O2. The second kappa shape index (κ2) is 7.04. The Morgan fingerprint density at radius 3 is 2.65 bits per heavy atom. The predicted molar refractivity (Wildman–Crippen MR) is 91.4 cm³/mol. The van der Waals surface area contributed by atoms with Gasteiger partial charge in [-0.1, -0.05) is 0 Å². The summed E-state index contributed by atoms with van der Waals surface area (Å²) >= 11 is 0. The van der Waals surface area contributed by atoms with Gasteiger partial charge in [0.25, 0.3) is 0 Å². The van der Waals surface area contributed by atoms with E-state index in [1.54, 1.807) is 0 Å². The summed E-state index contributed by atoms with van der Waals surface area (Å²) in [6.07, 6.45) is 3.18. The number of aromatic nitrogens is 2. The highest BCUT2D eigenvalue weighted by atomic mass is 16.5. The number of aryl methyl sites for hydroxylation is 2. The highest BCUT2D eigenvalue weighted by Gasteiger charge is 2.33. The van der Waals surface area contributed by atoms with E-state index in [2.05, 4.69) is 32.8 Å². The Balaban J connectivity index is 2.00. The summed E-state index contributed by atoms with van der Waals surface area (Å²) in [5.74, 6) is 0.248. The van der Waals surface area contributed by atoms with Gasteiger partial charge in [-0.15, -0.1) is 0 Å². The molecule has 5 nitrogen and oxygen atoms in total. The van der Waals surface area contributed by atoms with Gasteiger partial charge < -0.3 is 9.64 Å². The molecule has 1 fully saturated rings. The van der Waals surface area contributed by atoms with Crippen LogP contribution in [0.2, 0.25) is 0 Å².